The van der Waals surface area contributed by atoms with Crippen LogP contribution in [0, 0.1) is 0 Å². The maximum absolute atomic E-state index is 12.3. The molecule has 0 saturated heterocycles. The average molecular weight is 352 g/mol. The fraction of sp³-hybridized carbons (Fsp3) is 0.111. The lowest BCUT2D eigenvalue weighted by Gasteiger charge is -2.10. The molecule has 0 aliphatic carbocycles. The molecule has 3 aromatic rings. The van der Waals surface area contributed by atoms with Gasteiger partial charge in [0.2, 0.25) is 5.91 Å². The zero-order chi connectivity index (χ0) is 18.5. The van der Waals surface area contributed by atoms with E-state index < -0.39 is 17.4 Å². The molecule has 3 N–H and O–H groups in total. The first kappa shape index (κ1) is 17.2. The molecule has 26 heavy (non-hydrogen) atoms. The summed E-state index contributed by atoms with van der Waals surface area (Å²) < 4.78 is 5.19. The zero-order valence-corrected chi connectivity index (χ0v) is 13.9. The molecule has 8 heteroatoms. The summed E-state index contributed by atoms with van der Waals surface area (Å²) >= 11 is 0. The Morgan fingerprint density at radius 3 is 2.50 bits per heavy atom. The molecule has 0 bridgehead atoms. The van der Waals surface area contributed by atoms with Crippen LogP contribution >= 0.6 is 0 Å². The van der Waals surface area contributed by atoms with Crippen LogP contribution in [0.1, 0.15) is 16.1 Å². The third kappa shape index (κ3) is 3.54. The van der Waals surface area contributed by atoms with E-state index in [2.05, 4.69) is 21.0 Å². The highest BCUT2D eigenvalue weighted by Gasteiger charge is 2.15. The molecule has 0 aliphatic heterocycles. The molecule has 8 nitrogen and oxygen atoms in total. The highest BCUT2D eigenvalue weighted by molar-refractivity contribution is 6.05. The predicted molar refractivity (Wildman–Crippen MR) is 94.7 cm³/mol. The van der Waals surface area contributed by atoms with E-state index in [0.717, 1.165) is 0 Å². The normalized spacial score (nSPS) is 10.3. The standard InChI is InChI=1S/C18H16N4O4/c1-26-14-9-5-2-6-11(14)10-15(23)19-22-18(25)16-12-7-3-4-8-13(12)17(24)21-20-16/h2-9H,10H2,1H3,(H,19,23)(H,21,24)(H,22,25). The molecule has 0 aliphatic rings. The van der Waals surface area contributed by atoms with Crippen molar-refractivity contribution in [3.05, 3.63) is 70.1 Å². The third-order valence-electron chi connectivity index (χ3n) is 3.77. The van der Waals surface area contributed by atoms with Gasteiger partial charge in [0.05, 0.1) is 18.9 Å². The van der Waals surface area contributed by atoms with Gasteiger partial charge in [0.25, 0.3) is 11.5 Å². The second-order valence-electron chi connectivity index (χ2n) is 5.44. The van der Waals surface area contributed by atoms with Crippen molar-refractivity contribution >= 4 is 22.6 Å². The van der Waals surface area contributed by atoms with E-state index in [0.29, 0.717) is 22.1 Å². The van der Waals surface area contributed by atoms with E-state index in [1.165, 1.54) is 7.11 Å². The number of hydrogen-bond acceptors (Lipinski definition) is 5. The fourth-order valence-electron chi connectivity index (χ4n) is 2.54. The Morgan fingerprint density at radius 2 is 1.73 bits per heavy atom. The van der Waals surface area contributed by atoms with Crippen molar-refractivity contribution in [2.45, 2.75) is 6.42 Å². The molecule has 132 valence electrons. The van der Waals surface area contributed by atoms with Gasteiger partial charge >= 0.3 is 0 Å². The topological polar surface area (TPSA) is 113 Å². The second kappa shape index (κ2) is 7.47. The van der Waals surface area contributed by atoms with Crippen LogP contribution in [-0.4, -0.2) is 29.1 Å². The summed E-state index contributed by atoms with van der Waals surface area (Å²) in [5, 5.41) is 6.78. The van der Waals surface area contributed by atoms with Gasteiger partial charge in [-0.25, -0.2) is 5.10 Å². The number of carbonyl (C=O) groups excluding carboxylic acids is 2. The Kier molecular flexibility index (Phi) is 4.93. The maximum atomic E-state index is 12.3. The van der Waals surface area contributed by atoms with Gasteiger partial charge in [-0.1, -0.05) is 36.4 Å². The Labute approximate surface area is 148 Å². The number of rotatable bonds is 4. The Hall–Kier alpha value is -3.68. The van der Waals surface area contributed by atoms with Gasteiger partial charge < -0.3 is 4.74 Å². The fourth-order valence-corrected chi connectivity index (χ4v) is 2.54. The van der Waals surface area contributed by atoms with Crippen LogP contribution in [0.4, 0.5) is 0 Å². The molecule has 3 rings (SSSR count). The van der Waals surface area contributed by atoms with Crippen LogP contribution in [0.25, 0.3) is 10.8 Å². The Balaban J connectivity index is 1.70. The van der Waals surface area contributed by atoms with Crippen LogP contribution in [0.5, 0.6) is 5.75 Å². The molecule has 1 aromatic heterocycles. The van der Waals surface area contributed by atoms with Gasteiger partial charge in [-0.2, -0.15) is 5.10 Å². The van der Waals surface area contributed by atoms with E-state index in [9.17, 15) is 14.4 Å². The SMILES string of the molecule is COc1ccccc1CC(=O)NNC(=O)c1n[nH]c(=O)c2ccccc12. The number of hydrogen-bond donors (Lipinski definition) is 3. The molecular formula is C18H16N4O4. The summed E-state index contributed by atoms with van der Waals surface area (Å²) in [6.45, 7) is 0. The van der Waals surface area contributed by atoms with Crippen molar-refractivity contribution in [1.29, 1.82) is 0 Å². The van der Waals surface area contributed by atoms with Gasteiger partial charge in [0.15, 0.2) is 5.69 Å². The van der Waals surface area contributed by atoms with Crippen LogP contribution < -0.4 is 21.1 Å². The van der Waals surface area contributed by atoms with Crippen LogP contribution in [0.15, 0.2) is 53.3 Å². The minimum absolute atomic E-state index is 0.0118. The summed E-state index contributed by atoms with van der Waals surface area (Å²) in [6, 6.07) is 13.7. The summed E-state index contributed by atoms with van der Waals surface area (Å²) in [4.78, 5) is 36.1. The number of fused-ring (bicyclic) bond motifs is 1. The Morgan fingerprint density at radius 1 is 1.04 bits per heavy atom. The van der Waals surface area contributed by atoms with Crippen molar-refractivity contribution in [1.82, 2.24) is 21.0 Å². The number of para-hydroxylation sites is 1. The number of carbonyl (C=O) groups is 2. The monoisotopic (exact) mass is 352 g/mol. The highest BCUT2D eigenvalue weighted by Crippen LogP contribution is 2.17. The van der Waals surface area contributed by atoms with Crippen molar-refractivity contribution in [3.8, 4) is 5.75 Å². The van der Waals surface area contributed by atoms with Gasteiger partial charge in [-0.15, -0.1) is 0 Å². The van der Waals surface area contributed by atoms with Crippen LogP contribution in [-0.2, 0) is 11.2 Å². The van der Waals surface area contributed by atoms with Crippen molar-refractivity contribution < 1.29 is 14.3 Å². The molecule has 1 heterocycles. The number of aromatic amines is 1. The summed E-state index contributed by atoms with van der Waals surface area (Å²) in [6.07, 6.45) is 0.0318. The van der Waals surface area contributed by atoms with Crippen molar-refractivity contribution in [3.63, 3.8) is 0 Å². The number of nitrogens with zero attached hydrogens (tertiary/aromatic N) is 1. The quantitative estimate of drug-likeness (QED) is 0.605. The third-order valence-corrected chi connectivity index (χ3v) is 3.77. The lowest BCUT2D eigenvalue weighted by atomic mass is 10.1. The van der Waals surface area contributed by atoms with Crippen molar-refractivity contribution in [2.75, 3.05) is 7.11 Å². The molecule has 0 radical (unpaired) electrons. The minimum Gasteiger partial charge on any atom is -0.496 e. The summed E-state index contributed by atoms with van der Waals surface area (Å²) in [5.74, 6) is -0.468. The number of amides is 2. The second-order valence-corrected chi connectivity index (χ2v) is 5.44. The largest absolute Gasteiger partial charge is 0.496 e. The van der Waals surface area contributed by atoms with Gasteiger partial charge in [0.1, 0.15) is 5.75 Å². The van der Waals surface area contributed by atoms with Crippen molar-refractivity contribution in [2.24, 2.45) is 0 Å². The first-order chi connectivity index (χ1) is 12.6. The molecule has 0 spiro atoms. The predicted octanol–water partition coefficient (Wildman–Crippen LogP) is 0.935. The number of methoxy groups -OCH3 is 1. The molecule has 2 aromatic carbocycles. The van der Waals surface area contributed by atoms with E-state index >= 15 is 0 Å². The first-order valence-electron chi connectivity index (χ1n) is 7.78. The minimum atomic E-state index is -0.633. The molecule has 2 amide bonds. The first-order valence-corrected chi connectivity index (χ1v) is 7.78. The number of nitrogens with one attached hydrogen (secondary N) is 3. The van der Waals surface area contributed by atoms with Gasteiger partial charge in [-0.05, 0) is 12.1 Å². The number of hydrazine groups is 1. The van der Waals surface area contributed by atoms with Crippen LogP contribution in [0.3, 0.4) is 0 Å². The summed E-state index contributed by atoms with van der Waals surface area (Å²) in [5.41, 5.74) is 4.95. The van der Waals surface area contributed by atoms with E-state index in [-0.39, 0.29) is 12.1 Å². The number of ether oxygens (including phenoxy) is 1. The lowest BCUT2D eigenvalue weighted by molar-refractivity contribution is -0.121. The summed E-state index contributed by atoms with van der Waals surface area (Å²) in [7, 11) is 1.52. The number of aromatic nitrogens is 2. The van der Waals surface area contributed by atoms with Crippen LogP contribution in [0.2, 0.25) is 0 Å². The van der Waals surface area contributed by atoms with E-state index in [4.69, 9.17) is 4.74 Å². The average Bonchev–Trinajstić information content (AvgIpc) is 2.67. The molecular weight excluding hydrogens is 336 g/mol. The Bertz CT molecular complexity index is 1030. The lowest BCUT2D eigenvalue weighted by Crippen LogP contribution is -2.43. The maximum Gasteiger partial charge on any atom is 0.290 e. The van der Waals surface area contributed by atoms with Gasteiger partial charge in [0, 0.05) is 10.9 Å². The highest BCUT2D eigenvalue weighted by atomic mass is 16.5. The zero-order valence-electron chi connectivity index (χ0n) is 13.9. The number of benzene rings is 2. The smallest absolute Gasteiger partial charge is 0.290 e. The van der Waals surface area contributed by atoms with E-state index in [1.54, 1.807) is 48.5 Å². The molecule has 0 saturated carbocycles. The molecule has 0 atom stereocenters. The number of H-pyrrole nitrogens is 1. The van der Waals surface area contributed by atoms with E-state index in [1.807, 2.05) is 0 Å². The van der Waals surface area contributed by atoms with Gasteiger partial charge in [-0.3, -0.25) is 25.2 Å². The molecule has 0 unspecified atom stereocenters. The molecule has 0 fully saturated rings.